The van der Waals surface area contributed by atoms with Crippen LogP contribution in [0, 0.1) is 11.8 Å². The summed E-state index contributed by atoms with van der Waals surface area (Å²) in [6.07, 6.45) is 6.59. The van der Waals surface area contributed by atoms with Crippen molar-refractivity contribution in [2.24, 2.45) is 17.6 Å². The molecule has 1 saturated carbocycles. The van der Waals surface area contributed by atoms with Crippen LogP contribution < -0.4 is 11.1 Å². The summed E-state index contributed by atoms with van der Waals surface area (Å²) in [5, 5.41) is 3.71. The molecule has 0 bridgehead atoms. The lowest BCUT2D eigenvalue weighted by molar-refractivity contribution is 0.161. The zero-order chi connectivity index (χ0) is 11.4. The predicted octanol–water partition coefficient (Wildman–Crippen LogP) is 1.52. The van der Waals surface area contributed by atoms with Crippen LogP contribution in [0.25, 0.3) is 0 Å². The van der Waals surface area contributed by atoms with Crippen molar-refractivity contribution < 1.29 is 4.74 Å². The molecule has 0 amide bonds. The average molecular weight is 226 g/mol. The van der Waals surface area contributed by atoms with E-state index < -0.39 is 0 Å². The Morgan fingerprint density at radius 2 is 2.06 bits per heavy atom. The van der Waals surface area contributed by atoms with Gasteiger partial charge >= 0.3 is 0 Å². The van der Waals surface area contributed by atoms with Crippen molar-refractivity contribution in [2.75, 3.05) is 26.3 Å². The standard InChI is InChI=1S/C13H26N2O/c1-13(6-7-16-10-13)15-9-12-5-3-2-4-11(12)8-14/h11-12,15H,2-10,14H2,1H3. The monoisotopic (exact) mass is 226 g/mol. The first-order chi connectivity index (χ1) is 7.73. The van der Waals surface area contributed by atoms with Crippen LogP contribution in [0.1, 0.15) is 39.0 Å². The molecule has 3 unspecified atom stereocenters. The summed E-state index contributed by atoms with van der Waals surface area (Å²) in [4.78, 5) is 0. The summed E-state index contributed by atoms with van der Waals surface area (Å²) < 4.78 is 5.47. The molecule has 0 spiro atoms. The number of rotatable bonds is 4. The van der Waals surface area contributed by atoms with Crippen LogP contribution in [-0.4, -0.2) is 31.8 Å². The maximum atomic E-state index is 5.86. The van der Waals surface area contributed by atoms with Crippen molar-refractivity contribution in [3.63, 3.8) is 0 Å². The van der Waals surface area contributed by atoms with E-state index in [1.165, 1.54) is 25.7 Å². The molecule has 0 aromatic heterocycles. The van der Waals surface area contributed by atoms with Gasteiger partial charge in [-0.05, 0) is 51.1 Å². The fourth-order valence-corrected chi connectivity index (χ4v) is 3.05. The van der Waals surface area contributed by atoms with Gasteiger partial charge in [0.05, 0.1) is 6.61 Å². The van der Waals surface area contributed by atoms with E-state index >= 15 is 0 Å². The lowest BCUT2D eigenvalue weighted by Crippen LogP contribution is -2.47. The third kappa shape index (κ3) is 2.96. The van der Waals surface area contributed by atoms with Crippen LogP contribution in [0.2, 0.25) is 0 Å². The molecule has 3 heteroatoms. The van der Waals surface area contributed by atoms with Gasteiger partial charge in [0, 0.05) is 12.1 Å². The van der Waals surface area contributed by atoms with Crippen molar-refractivity contribution in [3.05, 3.63) is 0 Å². The Labute approximate surface area is 99.1 Å². The van der Waals surface area contributed by atoms with Gasteiger partial charge in [-0.25, -0.2) is 0 Å². The van der Waals surface area contributed by atoms with Gasteiger partial charge in [-0.2, -0.15) is 0 Å². The fourth-order valence-electron chi connectivity index (χ4n) is 3.05. The average Bonchev–Trinajstić information content (AvgIpc) is 2.74. The Hall–Kier alpha value is -0.120. The molecule has 2 aliphatic rings. The van der Waals surface area contributed by atoms with Gasteiger partial charge in [-0.1, -0.05) is 12.8 Å². The fraction of sp³-hybridized carbons (Fsp3) is 1.00. The number of nitrogens with one attached hydrogen (secondary N) is 1. The number of ether oxygens (including phenoxy) is 1. The first kappa shape index (κ1) is 12.3. The Kier molecular flexibility index (Phi) is 4.22. The minimum atomic E-state index is 0.219. The van der Waals surface area contributed by atoms with Crippen LogP contribution in [-0.2, 0) is 4.74 Å². The van der Waals surface area contributed by atoms with Gasteiger partial charge in [0.15, 0.2) is 0 Å². The summed E-state index contributed by atoms with van der Waals surface area (Å²) >= 11 is 0. The van der Waals surface area contributed by atoms with E-state index in [9.17, 15) is 0 Å². The first-order valence-corrected chi connectivity index (χ1v) is 6.76. The highest BCUT2D eigenvalue weighted by Crippen LogP contribution is 2.29. The highest BCUT2D eigenvalue weighted by molar-refractivity contribution is 4.89. The highest BCUT2D eigenvalue weighted by Gasteiger charge is 2.31. The van der Waals surface area contributed by atoms with E-state index in [-0.39, 0.29) is 5.54 Å². The van der Waals surface area contributed by atoms with E-state index in [1.807, 2.05) is 0 Å². The molecule has 2 fully saturated rings. The zero-order valence-corrected chi connectivity index (χ0v) is 10.5. The number of hydrogen-bond acceptors (Lipinski definition) is 3. The van der Waals surface area contributed by atoms with Gasteiger partial charge in [0.25, 0.3) is 0 Å². The SMILES string of the molecule is CC1(NCC2CCCCC2CN)CCOC1. The van der Waals surface area contributed by atoms with E-state index in [4.69, 9.17) is 10.5 Å². The molecule has 1 saturated heterocycles. The van der Waals surface area contributed by atoms with E-state index in [0.29, 0.717) is 0 Å². The first-order valence-electron chi connectivity index (χ1n) is 6.76. The van der Waals surface area contributed by atoms with Crippen molar-refractivity contribution >= 4 is 0 Å². The van der Waals surface area contributed by atoms with Gasteiger partial charge in [0.2, 0.25) is 0 Å². The largest absolute Gasteiger partial charge is 0.379 e. The quantitative estimate of drug-likeness (QED) is 0.764. The second-order valence-electron chi connectivity index (χ2n) is 5.78. The third-order valence-corrected chi connectivity index (χ3v) is 4.38. The number of nitrogens with two attached hydrogens (primary N) is 1. The molecular weight excluding hydrogens is 200 g/mol. The second-order valence-corrected chi connectivity index (χ2v) is 5.78. The Morgan fingerprint density at radius 1 is 1.31 bits per heavy atom. The molecule has 0 aromatic rings. The van der Waals surface area contributed by atoms with Gasteiger partial charge in [-0.3, -0.25) is 0 Å². The smallest absolute Gasteiger partial charge is 0.0646 e. The molecule has 1 heterocycles. The second kappa shape index (κ2) is 5.48. The van der Waals surface area contributed by atoms with Crippen LogP contribution in [0.5, 0.6) is 0 Å². The molecule has 1 aliphatic carbocycles. The molecular formula is C13H26N2O. The molecule has 3 nitrogen and oxygen atoms in total. The summed E-state index contributed by atoms with van der Waals surface area (Å²) in [5.74, 6) is 1.53. The lowest BCUT2D eigenvalue weighted by Gasteiger charge is -2.34. The van der Waals surface area contributed by atoms with E-state index in [2.05, 4.69) is 12.2 Å². The minimum Gasteiger partial charge on any atom is -0.379 e. The predicted molar refractivity (Wildman–Crippen MR) is 66.3 cm³/mol. The molecule has 3 atom stereocenters. The van der Waals surface area contributed by atoms with Crippen LogP contribution in [0.3, 0.4) is 0 Å². The molecule has 0 aromatic carbocycles. The van der Waals surface area contributed by atoms with Gasteiger partial charge in [0.1, 0.15) is 0 Å². The molecule has 94 valence electrons. The summed E-state index contributed by atoms with van der Waals surface area (Å²) in [5.41, 5.74) is 6.08. The lowest BCUT2D eigenvalue weighted by atomic mass is 9.79. The van der Waals surface area contributed by atoms with Crippen LogP contribution >= 0.6 is 0 Å². The Balaban J connectivity index is 1.79. The summed E-state index contributed by atoms with van der Waals surface area (Å²) in [7, 11) is 0. The Morgan fingerprint density at radius 3 is 2.69 bits per heavy atom. The molecule has 0 radical (unpaired) electrons. The zero-order valence-electron chi connectivity index (χ0n) is 10.5. The minimum absolute atomic E-state index is 0.219. The third-order valence-electron chi connectivity index (χ3n) is 4.38. The highest BCUT2D eigenvalue weighted by atomic mass is 16.5. The van der Waals surface area contributed by atoms with E-state index in [1.54, 1.807) is 0 Å². The maximum Gasteiger partial charge on any atom is 0.0646 e. The van der Waals surface area contributed by atoms with Crippen molar-refractivity contribution in [2.45, 2.75) is 44.6 Å². The number of hydrogen-bond donors (Lipinski definition) is 2. The molecule has 3 N–H and O–H groups in total. The normalized spacial score (nSPS) is 40.1. The van der Waals surface area contributed by atoms with Gasteiger partial charge in [-0.15, -0.1) is 0 Å². The molecule has 2 rings (SSSR count). The van der Waals surface area contributed by atoms with Crippen LogP contribution in [0.15, 0.2) is 0 Å². The van der Waals surface area contributed by atoms with Crippen molar-refractivity contribution in [3.8, 4) is 0 Å². The molecule has 1 aliphatic heterocycles. The van der Waals surface area contributed by atoms with Crippen LogP contribution in [0.4, 0.5) is 0 Å². The topological polar surface area (TPSA) is 47.3 Å². The maximum absolute atomic E-state index is 5.86. The van der Waals surface area contributed by atoms with Gasteiger partial charge < -0.3 is 15.8 Å². The molecule has 16 heavy (non-hydrogen) atoms. The summed E-state index contributed by atoms with van der Waals surface area (Å²) in [6, 6.07) is 0. The Bertz CT molecular complexity index is 214. The van der Waals surface area contributed by atoms with E-state index in [0.717, 1.165) is 44.6 Å². The summed E-state index contributed by atoms with van der Waals surface area (Å²) in [6.45, 7) is 6.04. The van der Waals surface area contributed by atoms with Crippen molar-refractivity contribution in [1.82, 2.24) is 5.32 Å². The van der Waals surface area contributed by atoms with Crippen molar-refractivity contribution in [1.29, 1.82) is 0 Å².